The standard InChI is InChI=1S/C23H22ClF2N5O4/c1-30-13-28-19(10-20(30)32)18-9-14(11-27-21(18)31-8-7-17(12-31)34-2)22(33)29-15-3-5-16(6-4-15)35-23(24,25)26/h3-6,9-11,13,17H,7-8,12H2,1-2H3,(H,29,33)/t17-/m0/s1. The highest BCUT2D eigenvalue weighted by Gasteiger charge is 2.28. The van der Waals surface area contributed by atoms with Crippen LogP contribution in [0.1, 0.15) is 16.8 Å². The highest BCUT2D eigenvalue weighted by molar-refractivity contribution is 6.20. The second-order valence-electron chi connectivity index (χ2n) is 7.94. The third-order valence-electron chi connectivity index (χ3n) is 5.51. The lowest BCUT2D eigenvalue weighted by Gasteiger charge is -2.21. The Labute approximate surface area is 204 Å². The number of benzene rings is 1. The summed E-state index contributed by atoms with van der Waals surface area (Å²) in [4.78, 5) is 36.1. The van der Waals surface area contributed by atoms with E-state index in [4.69, 9.17) is 16.3 Å². The molecule has 184 valence electrons. The molecule has 0 aliphatic carbocycles. The van der Waals surface area contributed by atoms with Crippen molar-refractivity contribution in [1.29, 1.82) is 0 Å². The van der Waals surface area contributed by atoms with Crippen LogP contribution in [0.4, 0.5) is 20.3 Å². The summed E-state index contributed by atoms with van der Waals surface area (Å²) >= 11 is 4.76. The molecular weight excluding hydrogens is 484 g/mol. The summed E-state index contributed by atoms with van der Waals surface area (Å²) in [5, 5.41) is 2.68. The molecule has 1 aliphatic rings. The first-order valence-electron chi connectivity index (χ1n) is 10.6. The first-order valence-corrected chi connectivity index (χ1v) is 11.0. The number of aromatic nitrogens is 3. The van der Waals surface area contributed by atoms with E-state index in [0.29, 0.717) is 35.9 Å². The van der Waals surface area contributed by atoms with Gasteiger partial charge in [-0.2, -0.15) is 0 Å². The molecule has 0 saturated carbocycles. The van der Waals surface area contributed by atoms with Crippen LogP contribution < -0.4 is 20.5 Å². The smallest absolute Gasteiger partial charge is 0.420 e. The molecule has 0 unspecified atom stereocenters. The highest BCUT2D eigenvalue weighted by Crippen LogP contribution is 2.31. The third kappa shape index (κ3) is 5.92. The Balaban J connectivity index is 1.62. The average Bonchev–Trinajstić information content (AvgIpc) is 3.30. The van der Waals surface area contributed by atoms with Gasteiger partial charge in [0.15, 0.2) is 0 Å². The van der Waals surface area contributed by atoms with Crippen LogP contribution in [0.25, 0.3) is 11.3 Å². The van der Waals surface area contributed by atoms with Gasteiger partial charge in [0.2, 0.25) is 0 Å². The summed E-state index contributed by atoms with van der Waals surface area (Å²) in [5.74, 6) is -0.0555. The monoisotopic (exact) mass is 505 g/mol. The van der Waals surface area contributed by atoms with Gasteiger partial charge in [0.25, 0.3) is 11.5 Å². The van der Waals surface area contributed by atoms with Gasteiger partial charge in [-0.25, -0.2) is 9.97 Å². The SMILES string of the molecule is CO[C@H]1CCN(c2ncc(C(=O)Nc3ccc(OC(F)(F)Cl)cc3)cc2-c2cc(=O)n(C)cn2)C1. The molecule has 1 fully saturated rings. The number of amides is 1. The van der Waals surface area contributed by atoms with Gasteiger partial charge in [0, 0.05) is 62.4 Å². The maximum Gasteiger partial charge on any atom is 0.487 e. The van der Waals surface area contributed by atoms with Crippen molar-refractivity contribution in [3.05, 3.63) is 64.8 Å². The van der Waals surface area contributed by atoms with E-state index in [1.54, 1.807) is 20.2 Å². The van der Waals surface area contributed by atoms with E-state index in [1.807, 2.05) is 4.90 Å². The van der Waals surface area contributed by atoms with E-state index < -0.39 is 11.5 Å². The van der Waals surface area contributed by atoms with Gasteiger partial charge in [-0.05, 0) is 36.8 Å². The Hall–Kier alpha value is -3.57. The minimum Gasteiger partial charge on any atom is -0.420 e. The number of ether oxygens (including phenoxy) is 2. The minimum atomic E-state index is -3.83. The number of halogens is 3. The van der Waals surface area contributed by atoms with Crippen LogP contribution in [0.3, 0.4) is 0 Å². The molecule has 1 aromatic carbocycles. The predicted octanol–water partition coefficient (Wildman–Crippen LogP) is 3.49. The van der Waals surface area contributed by atoms with E-state index in [-0.39, 0.29) is 23.0 Å². The molecule has 1 amide bonds. The Morgan fingerprint density at radius 2 is 1.97 bits per heavy atom. The Morgan fingerprint density at radius 1 is 1.23 bits per heavy atom. The molecule has 0 bridgehead atoms. The molecule has 3 heterocycles. The molecule has 1 atom stereocenters. The van der Waals surface area contributed by atoms with Crippen molar-refractivity contribution in [3.8, 4) is 17.0 Å². The van der Waals surface area contributed by atoms with Crippen molar-refractivity contribution in [2.75, 3.05) is 30.4 Å². The van der Waals surface area contributed by atoms with Crippen LogP contribution in [0.15, 0.2) is 53.7 Å². The molecule has 1 aliphatic heterocycles. The topological polar surface area (TPSA) is 98.6 Å². The lowest BCUT2D eigenvalue weighted by molar-refractivity contribution is -0.0964. The minimum absolute atomic E-state index is 0.0509. The van der Waals surface area contributed by atoms with Crippen molar-refractivity contribution in [3.63, 3.8) is 0 Å². The number of anilines is 2. The molecule has 0 spiro atoms. The van der Waals surface area contributed by atoms with Crippen molar-refractivity contribution >= 4 is 29.0 Å². The van der Waals surface area contributed by atoms with Gasteiger partial charge in [0.1, 0.15) is 11.6 Å². The number of nitrogens with zero attached hydrogens (tertiary/aromatic N) is 4. The number of hydrogen-bond acceptors (Lipinski definition) is 7. The van der Waals surface area contributed by atoms with Crippen LogP contribution in [-0.4, -0.2) is 52.3 Å². The van der Waals surface area contributed by atoms with Crippen LogP contribution in [0, 0.1) is 0 Å². The molecule has 9 nitrogen and oxygen atoms in total. The van der Waals surface area contributed by atoms with Gasteiger partial charge in [-0.1, -0.05) is 0 Å². The first-order chi connectivity index (χ1) is 16.6. The van der Waals surface area contributed by atoms with Gasteiger partial charge < -0.3 is 24.3 Å². The number of rotatable bonds is 7. The van der Waals surface area contributed by atoms with Crippen molar-refractivity contribution < 1.29 is 23.0 Å². The number of hydrogen-bond donors (Lipinski definition) is 1. The van der Waals surface area contributed by atoms with Gasteiger partial charge in [0.05, 0.1) is 23.7 Å². The second-order valence-corrected chi connectivity index (χ2v) is 8.38. The zero-order chi connectivity index (χ0) is 25.2. The van der Waals surface area contributed by atoms with Crippen LogP contribution in [0.2, 0.25) is 0 Å². The summed E-state index contributed by atoms with van der Waals surface area (Å²) < 4.78 is 36.6. The lowest BCUT2D eigenvalue weighted by atomic mass is 10.1. The van der Waals surface area contributed by atoms with Crippen LogP contribution in [-0.2, 0) is 11.8 Å². The van der Waals surface area contributed by atoms with E-state index in [0.717, 1.165) is 6.42 Å². The first kappa shape index (κ1) is 24.6. The maximum atomic E-state index is 12.9. The van der Waals surface area contributed by atoms with Gasteiger partial charge in [-0.3, -0.25) is 9.59 Å². The van der Waals surface area contributed by atoms with Gasteiger partial charge >= 0.3 is 5.57 Å². The number of methoxy groups -OCH3 is 1. The summed E-state index contributed by atoms with van der Waals surface area (Å²) in [6, 6.07) is 8.30. The molecule has 12 heteroatoms. The van der Waals surface area contributed by atoms with Crippen molar-refractivity contribution in [2.24, 2.45) is 7.05 Å². The highest BCUT2D eigenvalue weighted by atomic mass is 35.5. The van der Waals surface area contributed by atoms with E-state index in [2.05, 4.69) is 20.0 Å². The summed E-state index contributed by atoms with van der Waals surface area (Å²) in [6.07, 6.45) is 3.71. The Morgan fingerprint density at radius 3 is 2.60 bits per heavy atom. The lowest BCUT2D eigenvalue weighted by Crippen LogP contribution is -2.25. The fourth-order valence-electron chi connectivity index (χ4n) is 3.69. The van der Waals surface area contributed by atoms with E-state index in [1.165, 1.54) is 47.4 Å². The van der Waals surface area contributed by atoms with Crippen molar-refractivity contribution in [1.82, 2.24) is 14.5 Å². The molecule has 35 heavy (non-hydrogen) atoms. The quantitative estimate of drug-likeness (QED) is 0.491. The second kappa shape index (κ2) is 9.96. The van der Waals surface area contributed by atoms with Gasteiger partial charge in [-0.15, -0.1) is 8.78 Å². The number of nitrogens with one attached hydrogen (secondary N) is 1. The summed E-state index contributed by atoms with van der Waals surface area (Å²) in [7, 11) is 3.24. The van der Waals surface area contributed by atoms with Crippen molar-refractivity contribution in [2.45, 2.75) is 18.1 Å². The Kier molecular flexibility index (Phi) is 6.99. The average molecular weight is 506 g/mol. The number of pyridine rings is 1. The fourth-order valence-corrected chi connectivity index (χ4v) is 3.78. The number of carbonyl (C=O) groups is 1. The number of alkyl halides is 3. The number of aryl methyl sites for hydroxylation is 1. The van der Waals surface area contributed by atoms with Crippen LogP contribution in [0.5, 0.6) is 5.75 Å². The zero-order valence-electron chi connectivity index (χ0n) is 18.9. The summed E-state index contributed by atoms with van der Waals surface area (Å²) in [6.45, 7) is 1.31. The molecule has 2 aromatic heterocycles. The van der Waals surface area contributed by atoms with Crippen LogP contribution >= 0.6 is 11.6 Å². The largest absolute Gasteiger partial charge is 0.487 e. The predicted molar refractivity (Wildman–Crippen MR) is 126 cm³/mol. The molecule has 4 rings (SSSR count). The summed E-state index contributed by atoms with van der Waals surface area (Å²) in [5.41, 5.74) is -2.60. The molecule has 0 radical (unpaired) electrons. The molecule has 1 saturated heterocycles. The normalized spacial score (nSPS) is 15.8. The third-order valence-corrected chi connectivity index (χ3v) is 5.58. The zero-order valence-corrected chi connectivity index (χ0v) is 19.6. The molecule has 1 N–H and O–H groups in total. The van der Waals surface area contributed by atoms with E-state index in [9.17, 15) is 18.4 Å². The maximum absolute atomic E-state index is 12.9. The molecule has 3 aromatic rings. The fraction of sp³-hybridized carbons (Fsp3) is 0.304. The van der Waals surface area contributed by atoms with E-state index >= 15 is 0 Å². The Bertz CT molecular complexity index is 1280. The molecular formula is C23H22ClF2N5O4. The number of carbonyl (C=O) groups excluding carboxylic acids is 1.